The Bertz CT molecular complexity index is 506. The van der Waals surface area contributed by atoms with E-state index in [1.54, 1.807) is 0 Å². The smallest absolute Gasteiger partial charge is 0.202 e. The molecule has 88 valence electrons. The summed E-state index contributed by atoms with van der Waals surface area (Å²) in [6.45, 7) is 7.28. The molecule has 2 N–H and O–H groups in total. The van der Waals surface area contributed by atoms with Crippen LogP contribution in [0.5, 0.6) is 0 Å². The number of fused-ring (bicyclic) bond motifs is 1. The number of rotatable bonds is 3. The second kappa shape index (κ2) is 3.81. The minimum absolute atomic E-state index is 0.590. The van der Waals surface area contributed by atoms with E-state index in [-0.39, 0.29) is 0 Å². The quantitative estimate of drug-likeness (QED) is 0.858. The predicted molar refractivity (Wildman–Crippen MR) is 65.1 cm³/mol. The number of anilines is 1. The fourth-order valence-corrected chi connectivity index (χ4v) is 1.96. The Labute approximate surface area is 95.3 Å². The summed E-state index contributed by atoms with van der Waals surface area (Å²) in [6.07, 6.45) is 1.10. The van der Waals surface area contributed by atoms with Gasteiger partial charge in [-0.2, -0.15) is 5.10 Å². The van der Waals surface area contributed by atoms with Gasteiger partial charge in [0.15, 0.2) is 5.65 Å². The van der Waals surface area contributed by atoms with Crippen LogP contribution in [0.1, 0.15) is 26.0 Å². The van der Waals surface area contributed by atoms with Crippen molar-refractivity contribution in [3.8, 4) is 0 Å². The first kappa shape index (κ1) is 11.0. The van der Waals surface area contributed by atoms with Crippen LogP contribution in [0.2, 0.25) is 0 Å². The van der Waals surface area contributed by atoms with Crippen LogP contribution in [0.4, 0.5) is 5.95 Å². The molecule has 2 aromatic heterocycles. The third-order valence-electron chi connectivity index (χ3n) is 2.85. The molecule has 2 aromatic rings. The number of hydrogen-bond donors (Lipinski definition) is 1. The second-order valence-corrected chi connectivity index (χ2v) is 4.69. The van der Waals surface area contributed by atoms with Gasteiger partial charge in [0.05, 0.1) is 5.69 Å². The van der Waals surface area contributed by atoms with Gasteiger partial charge in [-0.3, -0.25) is 9.25 Å². The molecule has 5 heteroatoms. The van der Waals surface area contributed by atoms with Crippen molar-refractivity contribution < 1.29 is 0 Å². The Kier molecular flexibility index (Phi) is 2.61. The molecule has 0 spiro atoms. The maximum atomic E-state index is 5.93. The van der Waals surface area contributed by atoms with E-state index in [1.807, 2.05) is 18.7 Å². The van der Waals surface area contributed by atoms with Gasteiger partial charge in [0.25, 0.3) is 0 Å². The van der Waals surface area contributed by atoms with Gasteiger partial charge < -0.3 is 5.73 Å². The molecule has 0 atom stereocenters. The number of aromatic nitrogens is 4. The van der Waals surface area contributed by atoms with Gasteiger partial charge in [-0.05, 0) is 19.3 Å². The van der Waals surface area contributed by atoms with Crippen LogP contribution in [0.25, 0.3) is 11.2 Å². The zero-order chi connectivity index (χ0) is 11.9. The largest absolute Gasteiger partial charge is 0.369 e. The highest BCUT2D eigenvalue weighted by Crippen LogP contribution is 2.21. The second-order valence-electron chi connectivity index (χ2n) is 4.69. The topological polar surface area (TPSA) is 61.7 Å². The van der Waals surface area contributed by atoms with E-state index in [0.29, 0.717) is 11.9 Å². The summed E-state index contributed by atoms with van der Waals surface area (Å²) >= 11 is 0. The number of nitrogens with two attached hydrogens (primary N) is 1. The van der Waals surface area contributed by atoms with E-state index in [1.165, 1.54) is 0 Å². The molecule has 0 radical (unpaired) electrons. The first-order valence-corrected chi connectivity index (χ1v) is 5.66. The van der Waals surface area contributed by atoms with Crippen molar-refractivity contribution in [1.82, 2.24) is 19.3 Å². The number of aryl methyl sites for hydroxylation is 3. The van der Waals surface area contributed by atoms with Crippen LogP contribution in [-0.4, -0.2) is 19.3 Å². The van der Waals surface area contributed by atoms with Crippen molar-refractivity contribution >= 4 is 17.1 Å². The van der Waals surface area contributed by atoms with E-state index in [4.69, 9.17) is 5.73 Å². The minimum Gasteiger partial charge on any atom is -0.369 e. The van der Waals surface area contributed by atoms with Crippen LogP contribution in [0, 0.1) is 12.8 Å². The Balaban J connectivity index is 2.46. The average molecular weight is 221 g/mol. The van der Waals surface area contributed by atoms with Crippen molar-refractivity contribution in [2.45, 2.75) is 33.7 Å². The molecule has 0 saturated carbocycles. The van der Waals surface area contributed by atoms with E-state index < -0.39 is 0 Å². The monoisotopic (exact) mass is 221 g/mol. The number of nitrogen functional groups attached to an aromatic ring is 1. The summed E-state index contributed by atoms with van der Waals surface area (Å²) in [5.41, 5.74) is 8.81. The molecule has 0 aliphatic carbocycles. The molecule has 2 heterocycles. The SMILES string of the molecule is Cc1nn(C)c2c1nc(N)n2CCC(C)C. The molecule has 0 bridgehead atoms. The molecule has 0 aliphatic rings. The summed E-state index contributed by atoms with van der Waals surface area (Å²) in [5, 5.41) is 4.36. The zero-order valence-corrected chi connectivity index (χ0v) is 10.4. The molecule has 5 nitrogen and oxygen atoms in total. The van der Waals surface area contributed by atoms with Crippen LogP contribution in [0.3, 0.4) is 0 Å². The molecule has 0 fully saturated rings. The predicted octanol–water partition coefficient (Wildman–Crippen LogP) is 1.71. The van der Waals surface area contributed by atoms with E-state index in [0.717, 1.165) is 29.8 Å². The Morgan fingerprint density at radius 3 is 2.69 bits per heavy atom. The molecule has 0 amide bonds. The minimum atomic E-state index is 0.590. The van der Waals surface area contributed by atoms with Gasteiger partial charge >= 0.3 is 0 Å². The first-order chi connectivity index (χ1) is 7.50. The van der Waals surface area contributed by atoms with Crippen molar-refractivity contribution in [3.63, 3.8) is 0 Å². The summed E-state index contributed by atoms with van der Waals surface area (Å²) in [7, 11) is 1.93. The summed E-state index contributed by atoms with van der Waals surface area (Å²) in [5.74, 6) is 1.25. The lowest BCUT2D eigenvalue weighted by molar-refractivity contribution is 0.520. The molecule has 0 saturated heterocycles. The number of imidazole rings is 1. The van der Waals surface area contributed by atoms with Crippen LogP contribution in [-0.2, 0) is 13.6 Å². The molecular weight excluding hydrogens is 202 g/mol. The van der Waals surface area contributed by atoms with Crippen LogP contribution in [0.15, 0.2) is 0 Å². The van der Waals surface area contributed by atoms with Crippen LogP contribution >= 0.6 is 0 Å². The lowest BCUT2D eigenvalue weighted by atomic mass is 10.1. The van der Waals surface area contributed by atoms with Gasteiger partial charge in [0, 0.05) is 13.6 Å². The van der Waals surface area contributed by atoms with Crippen molar-refractivity contribution in [2.24, 2.45) is 13.0 Å². The lowest BCUT2D eigenvalue weighted by Gasteiger charge is -2.08. The molecule has 2 rings (SSSR count). The third kappa shape index (κ3) is 1.66. The number of hydrogen-bond acceptors (Lipinski definition) is 3. The molecule has 0 unspecified atom stereocenters. The van der Waals surface area contributed by atoms with Crippen molar-refractivity contribution in [2.75, 3.05) is 5.73 Å². The molecule has 0 aromatic carbocycles. The van der Waals surface area contributed by atoms with Crippen molar-refractivity contribution in [1.29, 1.82) is 0 Å². The highest BCUT2D eigenvalue weighted by Gasteiger charge is 2.15. The van der Waals surface area contributed by atoms with Crippen molar-refractivity contribution in [3.05, 3.63) is 5.69 Å². The number of nitrogens with zero attached hydrogens (tertiary/aromatic N) is 4. The molecule has 0 aliphatic heterocycles. The highest BCUT2D eigenvalue weighted by atomic mass is 15.3. The average Bonchev–Trinajstić information content (AvgIpc) is 2.63. The Morgan fingerprint density at radius 1 is 1.38 bits per heavy atom. The lowest BCUT2D eigenvalue weighted by Crippen LogP contribution is -2.08. The maximum absolute atomic E-state index is 5.93. The maximum Gasteiger partial charge on any atom is 0.202 e. The van der Waals surface area contributed by atoms with Gasteiger partial charge in [0.1, 0.15) is 5.52 Å². The van der Waals surface area contributed by atoms with Crippen LogP contribution < -0.4 is 5.73 Å². The van der Waals surface area contributed by atoms with E-state index in [9.17, 15) is 0 Å². The normalized spacial score (nSPS) is 11.8. The summed E-state index contributed by atoms with van der Waals surface area (Å²) in [6, 6.07) is 0. The Morgan fingerprint density at radius 2 is 2.06 bits per heavy atom. The molecular formula is C11H19N5. The fourth-order valence-electron chi connectivity index (χ4n) is 1.96. The third-order valence-corrected chi connectivity index (χ3v) is 2.85. The van der Waals surface area contributed by atoms with E-state index >= 15 is 0 Å². The summed E-state index contributed by atoms with van der Waals surface area (Å²) in [4.78, 5) is 4.37. The van der Waals surface area contributed by atoms with E-state index in [2.05, 4.69) is 28.5 Å². The first-order valence-electron chi connectivity index (χ1n) is 5.66. The highest BCUT2D eigenvalue weighted by molar-refractivity contribution is 5.77. The van der Waals surface area contributed by atoms with Gasteiger partial charge in [-0.1, -0.05) is 13.8 Å². The van der Waals surface area contributed by atoms with Gasteiger partial charge in [-0.15, -0.1) is 0 Å². The zero-order valence-electron chi connectivity index (χ0n) is 10.4. The molecule has 16 heavy (non-hydrogen) atoms. The van der Waals surface area contributed by atoms with Gasteiger partial charge in [-0.25, -0.2) is 4.98 Å². The standard InChI is InChI=1S/C11H19N5/c1-7(2)5-6-16-10-9(13-11(16)12)8(3)14-15(10)4/h7H,5-6H2,1-4H3,(H2,12,13). The fraction of sp³-hybridized carbons (Fsp3) is 0.636. The summed E-state index contributed by atoms with van der Waals surface area (Å²) < 4.78 is 3.91. The Hall–Kier alpha value is -1.52. The van der Waals surface area contributed by atoms with Gasteiger partial charge in [0.2, 0.25) is 5.95 Å².